The molecule has 108 valence electrons. The van der Waals surface area contributed by atoms with E-state index in [4.69, 9.17) is 5.11 Å². The average Bonchev–Trinajstić information content (AvgIpc) is 2.70. The molecule has 0 aliphatic heterocycles. The second-order valence-corrected chi connectivity index (χ2v) is 6.52. The van der Waals surface area contributed by atoms with E-state index in [9.17, 15) is 13.8 Å². The van der Waals surface area contributed by atoms with E-state index in [0.717, 1.165) is 0 Å². The third-order valence-electron chi connectivity index (χ3n) is 3.35. The summed E-state index contributed by atoms with van der Waals surface area (Å²) < 4.78 is 12.8. The molecular formula is C13H16N2O4S. The van der Waals surface area contributed by atoms with E-state index >= 15 is 0 Å². The molecule has 0 saturated carbocycles. The Balaban J connectivity index is 2.39. The van der Waals surface area contributed by atoms with Crippen LogP contribution in [0.3, 0.4) is 0 Å². The Kier molecular flexibility index (Phi) is 4.08. The first-order valence-corrected chi connectivity index (χ1v) is 7.80. The molecule has 1 aromatic carbocycles. The van der Waals surface area contributed by atoms with Crippen LogP contribution in [0.2, 0.25) is 0 Å². The zero-order valence-corrected chi connectivity index (χ0v) is 12.1. The fraction of sp³-hybridized carbons (Fsp3) is 0.385. The highest BCUT2D eigenvalue weighted by Gasteiger charge is 2.12. The number of rotatable bonds is 5. The third kappa shape index (κ3) is 2.82. The molecule has 7 heteroatoms. The highest BCUT2D eigenvalue weighted by atomic mass is 32.2. The number of hydrogen-bond donors (Lipinski definition) is 2. The van der Waals surface area contributed by atoms with Gasteiger partial charge >= 0.3 is 11.7 Å². The smallest absolute Gasteiger partial charge is 0.335 e. The quantitative estimate of drug-likeness (QED) is 0.866. The number of imidazole rings is 1. The lowest BCUT2D eigenvalue weighted by Gasteiger charge is -2.08. The van der Waals surface area contributed by atoms with Gasteiger partial charge in [-0.2, -0.15) is 0 Å². The lowest BCUT2D eigenvalue weighted by atomic mass is 10.2. The molecule has 6 nitrogen and oxygen atoms in total. The summed E-state index contributed by atoms with van der Waals surface area (Å²) in [4.78, 5) is 25.6. The number of H-pyrrole nitrogens is 1. The molecule has 2 aromatic rings. The predicted octanol–water partition coefficient (Wildman–Crippen LogP) is 1.18. The van der Waals surface area contributed by atoms with Gasteiger partial charge in [-0.1, -0.05) is 6.92 Å². The van der Waals surface area contributed by atoms with Gasteiger partial charge < -0.3 is 10.1 Å². The number of aromatic amines is 1. The van der Waals surface area contributed by atoms with Crippen molar-refractivity contribution >= 4 is 27.8 Å². The van der Waals surface area contributed by atoms with Crippen LogP contribution in [0.15, 0.2) is 23.0 Å². The van der Waals surface area contributed by atoms with Gasteiger partial charge in [0.25, 0.3) is 0 Å². The molecule has 0 bridgehead atoms. The van der Waals surface area contributed by atoms with Crippen molar-refractivity contribution in [1.82, 2.24) is 9.55 Å². The number of benzene rings is 1. The van der Waals surface area contributed by atoms with Crippen LogP contribution in [0.25, 0.3) is 11.0 Å². The van der Waals surface area contributed by atoms with Gasteiger partial charge in [-0.3, -0.25) is 8.78 Å². The minimum atomic E-state index is -1.03. The number of nitrogens with zero attached hydrogens (tertiary/aromatic N) is 1. The van der Waals surface area contributed by atoms with Crippen LogP contribution < -0.4 is 5.69 Å². The molecule has 0 fully saturated rings. The van der Waals surface area contributed by atoms with Gasteiger partial charge in [0.05, 0.1) is 16.6 Å². The molecule has 1 aromatic heterocycles. The Bertz CT molecular complexity index is 732. The van der Waals surface area contributed by atoms with Gasteiger partial charge in [0.2, 0.25) is 0 Å². The molecule has 2 rings (SSSR count). The van der Waals surface area contributed by atoms with E-state index < -0.39 is 16.8 Å². The van der Waals surface area contributed by atoms with Crippen molar-refractivity contribution in [2.75, 3.05) is 6.26 Å². The van der Waals surface area contributed by atoms with Gasteiger partial charge in [-0.15, -0.1) is 0 Å². The second kappa shape index (κ2) is 5.62. The topological polar surface area (TPSA) is 92.2 Å². The standard InChI is InChI=1S/C13H16N2O4S/c1-8(20(2)19)5-6-15-11-7-9(12(16)17)3-4-10(11)14-13(15)18/h3-4,7-8H,5-6H2,1-2H3,(H,14,18)(H,16,17). The van der Waals surface area contributed by atoms with Gasteiger partial charge in [-0.05, 0) is 24.6 Å². The first-order chi connectivity index (χ1) is 9.40. The van der Waals surface area contributed by atoms with Crippen molar-refractivity contribution < 1.29 is 14.1 Å². The number of carboxylic acids is 1. The number of fused-ring (bicyclic) bond motifs is 1. The number of hydrogen-bond acceptors (Lipinski definition) is 3. The Labute approximate surface area is 117 Å². The van der Waals surface area contributed by atoms with Crippen molar-refractivity contribution in [3.63, 3.8) is 0 Å². The largest absolute Gasteiger partial charge is 0.478 e. The van der Waals surface area contributed by atoms with Crippen LogP contribution in [0.1, 0.15) is 23.7 Å². The van der Waals surface area contributed by atoms with Crippen molar-refractivity contribution in [3.05, 3.63) is 34.2 Å². The fourth-order valence-corrected chi connectivity index (χ4v) is 2.42. The van der Waals surface area contributed by atoms with E-state index in [1.54, 1.807) is 12.3 Å². The monoisotopic (exact) mass is 296 g/mol. The number of aromatic nitrogens is 2. The van der Waals surface area contributed by atoms with Crippen molar-refractivity contribution in [1.29, 1.82) is 0 Å². The SMILES string of the molecule is CC(CCn1c(=O)[nH]c2ccc(C(=O)O)cc21)S(C)=O. The van der Waals surface area contributed by atoms with Crippen LogP contribution in [0.5, 0.6) is 0 Å². The van der Waals surface area contributed by atoms with Crippen molar-refractivity contribution in [2.24, 2.45) is 0 Å². The third-order valence-corrected chi connectivity index (χ3v) is 4.72. The Hall–Kier alpha value is -1.89. The van der Waals surface area contributed by atoms with E-state index in [1.165, 1.54) is 16.7 Å². The zero-order chi connectivity index (χ0) is 14.9. The van der Waals surface area contributed by atoms with E-state index in [0.29, 0.717) is 24.0 Å². The predicted molar refractivity (Wildman–Crippen MR) is 77.7 cm³/mol. The molecule has 0 amide bonds. The van der Waals surface area contributed by atoms with Gasteiger partial charge in [-0.25, -0.2) is 9.59 Å². The average molecular weight is 296 g/mol. The first kappa shape index (κ1) is 14.5. The van der Waals surface area contributed by atoms with Crippen LogP contribution >= 0.6 is 0 Å². The van der Waals surface area contributed by atoms with Gasteiger partial charge in [0.1, 0.15) is 0 Å². The highest BCUT2D eigenvalue weighted by molar-refractivity contribution is 7.84. The number of aryl methyl sites for hydroxylation is 1. The number of nitrogens with one attached hydrogen (secondary N) is 1. The molecule has 0 saturated heterocycles. The van der Waals surface area contributed by atoms with Gasteiger partial charge in [0.15, 0.2) is 0 Å². The molecule has 0 radical (unpaired) electrons. The number of carboxylic acid groups (broad SMARTS) is 1. The summed E-state index contributed by atoms with van der Waals surface area (Å²) in [5, 5.41) is 8.98. The maximum absolute atomic E-state index is 11.9. The lowest BCUT2D eigenvalue weighted by molar-refractivity contribution is 0.0697. The van der Waals surface area contributed by atoms with Crippen LogP contribution in [-0.4, -0.2) is 36.3 Å². The summed E-state index contributed by atoms with van der Waals surface area (Å²) in [6.07, 6.45) is 2.22. The molecule has 2 N–H and O–H groups in total. The lowest BCUT2D eigenvalue weighted by Crippen LogP contribution is -2.20. The summed E-state index contributed by atoms with van der Waals surface area (Å²) in [5.41, 5.74) is 1.02. The molecule has 0 aliphatic carbocycles. The Morgan fingerprint density at radius 1 is 1.50 bits per heavy atom. The molecule has 0 spiro atoms. The van der Waals surface area contributed by atoms with E-state index in [2.05, 4.69) is 4.98 Å². The summed E-state index contributed by atoms with van der Waals surface area (Å²) in [6.45, 7) is 2.27. The summed E-state index contributed by atoms with van der Waals surface area (Å²) >= 11 is 0. The molecule has 2 atom stereocenters. The molecule has 2 unspecified atom stereocenters. The molecule has 20 heavy (non-hydrogen) atoms. The molecular weight excluding hydrogens is 280 g/mol. The Morgan fingerprint density at radius 3 is 2.80 bits per heavy atom. The summed E-state index contributed by atoms with van der Waals surface area (Å²) in [7, 11) is -0.944. The maximum Gasteiger partial charge on any atom is 0.335 e. The number of carbonyl (C=O) groups is 1. The van der Waals surface area contributed by atoms with Crippen LogP contribution in [0, 0.1) is 0 Å². The highest BCUT2D eigenvalue weighted by Crippen LogP contribution is 2.14. The fourth-order valence-electron chi connectivity index (χ4n) is 1.98. The Morgan fingerprint density at radius 2 is 2.20 bits per heavy atom. The summed E-state index contributed by atoms with van der Waals surface area (Å²) in [5.74, 6) is -1.03. The first-order valence-electron chi connectivity index (χ1n) is 6.18. The van der Waals surface area contributed by atoms with Gasteiger partial charge in [0, 0.05) is 28.9 Å². The second-order valence-electron chi connectivity index (χ2n) is 4.72. The number of aromatic carboxylic acids is 1. The van der Waals surface area contributed by atoms with E-state index in [-0.39, 0.29) is 16.5 Å². The summed E-state index contributed by atoms with van der Waals surface area (Å²) in [6, 6.07) is 4.51. The molecule has 1 heterocycles. The molecule has 0 aliphatic rings. The van der Waals surface area contributed by atoms with E-state index in [1.807, 2.05) is 6.92 Å². The van der Waals surface area contributed by atoms with Crippen LogP contribution in [0.4, 0.5) is 0 Å². The maximum atomic E-state index is 11.9. The minimum absolute atomic E-state index is 0.0190. The normalized spacial score (nSPS) is 14.3. The zero-order valence-electron chi connectivity index (χ0n) is 11.3. The van der Waals surface area contributed by atoms with Crippen molar-refractivity contribution in [3.8, 4) is 0 Å². The minimum Gasteiger partial charge on any atom is -0.478 e. The van der Waals surface area contributed by atoms with Crippen LogP contribution in [-0.2, 0) is 17.3 Å². The van der Waals surface area contributed by atoms with Crippen molar-refractivity contribution in [2.45, 2.75) is 25.1 Å².